The maximum absolute atomic E-state index is 5.88. The molecule has 0 bridgehead atoms. The van der Waals surface area contributed by atoms with E-state index < -0.39 is 0 Å². The number of aromatic nitrogens is 3. The second-order valence-corrected chi connectivity index (χ2v) is 5.36. The number of fused-ring (bicyclic) bond motifs is 1. The van der Waals surface area contributed by atoms with Crippen LogP contribution in [0.2, 0.25) is 0 Å². The molecule has 0 saturated heterocycles. The van der Waals surface area contributed by atoms with Crippen LogP contribution in [0.3, 0.4) is 0 Å². The van der Waals surface area contributed by atoms with Gasteiger partial charge in [0.25, 0.3) is 0 Å². The number of H-pyrrole nitrogens is 1. The molecule has 0 atom stereocenters. The lowest BCUT2D eigenvalue weighted by Crippen LogP contribution is -1.95. The molecule has 6 heteroatoms. The Hall–Kier alpha value is -3.54. The van der Waals surface area contributed by atoms with Crippen LogP contribution in [-0.4, -0.2) is 22.1 Å². The van der Waals surface area contributed by atoms with Gasteiger partial charge in [-0.2, -0.15) is 0 Å². The van der Waals surface area contributed by atoms with Crippen LogP contribution < -0.4 is 14.8 Å². The average molecular weight is 332 g/mol. The molecule has 0 unspecified atom stereocenters. The van der Waals surface area contributed by atoms with Gasteiger partial charge in [0.05, 0.1) is 12.5 Å². The van der Waals surface area contributed by atoms with E-state index in [0.717, 1.165) is 28.3 Å². The van der Waals surface area contributed by atoms with Gasteiger partial charge in [-0.25, -0.2) is 9.97 Å². The Morgan fingerprint density at radius 1 is 0.920 bits per heavy atom. The van der Waals surface area contributed by atoms with E-state index in [1.165, 1.54) is 6.33 Å². The van der Waals surface area contributed by atoms with E-state index in [9.17, 15) is 0 Å². The lowest BCUT2D eigenvalue weighted by molar-refractivity contribution is 0.379. The van der Waals surface area contributed by atoms with Crippen LogP contribution in [0.25, 0.3) is 11.0 Å². The van der Waals surface area contributed by atoms with Gasteiger partial charge in [-0.15, -0.1) is 0 Å². The van der Waals surface area contributed by atoms with Crippen molar-refractivity contribution in [3.05, 3.63) is 67.1 Å². The summed E-state index contributed by atoms with van der Waals surface area (Å²) in [6.45, 7) is 0. The molecule has 0 spiro atoms. The van der Waals surface area contributed by atoms with Crippen molar-refractivity contribution in [2.75, 3.05) is 12.4 Å². The summed E-state index contributed by atoms with van der Waals surface area (Å²) in [6, 6.07) is 17.1. The van der Waals surface area contributed by atoms with Crippen LogP contribution in [0.15, 0.2) is 67.1 Å². The van der Waals surface area contributed by atoms with Gasteiger partial charge in [0.1, 0.15) is 23.5 Å². The Morgan fingerprint density at radius 2 is 1.72 bits per heavy atom. The minimum atomic E-state index is 0.676. The number of ether oxygens (including phenoxy) is 2. The molecule has 0 aliphatic carbocycles. The fourth-order valence-electron chi connectivity index (χ4n) is 2.55. The van der Waals surface area contributed by atoms with E-state index in [1.807, 2.05) is 60.8 Å². The average Bonchev–Trinajstić information content (AvgIpc) is 3.14. The van der Waals surface area contributed by atoms with E-state index in [2.05, 4.69) is 20.3 Å². The predicted molar refractivity (Wildman–Crippen MR) is 96.7 cm³/mol. The Balaban J connectivity index is 1.53. The molecule has 2 aromatic carbocycles. The first-order valence-corrected chi connectivity index (χ1v) is 7.79. The van der Waals surface area contributed by atoms with Crippen molar-refractivity contribution in [2.24, 2.45) is 0 Å². The summed E-state index contributed by atoms with van der Waals surface area (Å²) in [6.07, 6.45) is 3.37. The summed E-state index contributed by atoms with van der Waals surface area (Å²) in [7, 11) is 1.62. The van der Waals surface area contributed by atoms with Gasteiger partial charge in [0, 0.05) is 11.9 Å². The molecule has 0 radical (unpaired) electrons. The summed E-state index contributed by atoms with van der Waals surface area (Å²) in [5.74, 6) is 2.85. The quantitative estimate of drug-likeness (QED) is 0.563. The third kappa shape index (κ3) is 3.10. The van der Waals surface area contributed by atoms with Crippen molar-refractivity contribution < 1.29 is 9.47 Å². The third-order valence-corrected chi connectivity index (χ3v) is 3.77. The molecular formula is C19H16N4O2. The second-order valence-electron chi connectivity index (χ2n) is 5.36. The Labute approximate surface area is 144 Å². The van der Waals surface area contributed by atoms with Crippen molar-refractivity contribution in [1.29, 1.82) is 0 Å². The number of nitrogens with one attached hydrogen (secondary N) is 2. The van der Waals surface area contributed by atoms with E-state index >= 15 is 0 Å². The Bertz CT molecular complexity index is 996. The van der Waals surface area contributed by atoms with Crippen LogP contribution >= 0.6 is 0 Å². The molecule has 0 amide bonds. The predicted octanol–water partition coefficient (Wildman–Crippen LogP) is 4.50. The molecule has 4 aromatic rings. The smallest absolute Gasteiger partial charge is 0.169 e. The van der Waals surface area contributed by atoms with E-state index in [1.54, 1.807) is 7.11 Å². The third-order valence-electron chi connectivity index (χ3n) is 3.77. The standard InChI is InChI=1S/C19H16N4O2/c1-24-16-4-2-3-5-17(16)25-14-8-6-13(7-9-14)23-19-15-10-11-20-18(15)21-12-22-19/h2-12H,1H3,(H2,20,21,22,23). The number of hydrogen-bond donors (Lipinski definition) is 2. The maximum atomic E-state index is 5.88. The fourth-order valence-corrected chi connectivity index (χ4v) is 2.55. The zero-order chi connectivity index (χ0) is 17.1. The van der Waals surface area contributed by atoms with Crippen LogP contribution in [0, 0.1) is 0 Å². The minimum absolute atomic E-state index is 0.676. The van der Waals surface area contributed by atoms with Gasteiger partial charge in [-0.05, 0) is 42.5 Å². The normalized spacial score (nSPS) is 10.6. The van der Waals surface area contributed by atoms with Gasteiger partial charge in [0.15, 0.2) is 11.5 Å². The van der Waals surface area contributed by atoms with Crippen molar-refractivity contribution in [2.45, 2.75) is 0 Å². The number of para-hydroxylation sites is 2. The highest BCUT2D eigenvalue weighted by Gasteiger charge is 2.06. The van der Waals surface area contributed by atoms with Gasteiger partial charge in [-0.1, -0.05) is 12.1 Å². The van der Waals surface area contributed by atoms with E-state index in [4.69, 9.17) is 9.47 Å². The lowest BCUT2D eigenvalue weighted by Gasteiger charge is -2.11. The largest absolute Gasteiger partial charge is 0.493 e. The van der Waals surface area contributed by atoms with Crippen LogP contribution in [0.4, 0.5) is 11.5 Å². The molecule has 2 heterocycles. The number of nitrogens with zero attached hydrogens (tertiary/aromatic N) is 2. The number of benzene rings is 2. The number of rotatable bonds is 5. The van der Waals surface area contributed by atoms with Crippen LogP contribution in [0.5, 0.6) is 17.2 Å². The van der Waals surface area contributed by atoms with Crippen molar-refractivity contribution in [1.82, 2.24) is 15.0 Å². The molecule has 0 aliphatic heterocycles. The van der Waals surface area contributed by atoms with Gasteiger partial charge in [0.2, 0.25) is 0 Å². The van der Waals surface area contributed by atoms with Gasteiger partial charge < -0.3 is 19.8 Å². The molecular weight excluding hydrogens is 316 g/mol. The Kier molecular flexibility index (Phi) is 3.92. The van der Waals surface area contributed by atoms with Crippen molar-refractivity contribution in [3.63, 3.8) is 0 Å². The first kappa shape index (κ1) is 15.0. The summed E-state index contributed by atoms with van der Waals surface area (Å²) in [4.78, 5) is 11.5. The second kappa shape index (κ2) is 6.52. The Morgan fingerprint density at radius 3 is 2.52 bits per heavy atom. The molecule has 4 rings (SSSR count). The summed E-state index contributed by atoms with van der Waals surface area (Å²) in [5, 5.41) is 4.24. The first-order chi connectivity index (χ1) is 12.3. The highest BCUT2D eigenvalue weighted by atomic mass is 16.5. The maximum Gasteiger partial charge on any atom is 0.169 e. The zero-order valence-electron chi connectivity index (χ0n) is 13.6. The molecule has 0 aliphatic rings. The molecule has 124 valence electrons. The summed E-state index contributed by atoms with van der Waals surface area (Å²) < 4.78 is 11.2. The lowest BCUT2D eigenvalue weighted by atomic mass is 10.2. The number of anilines is 2. The molecule has 2 aromatic heterocycles. The highest BCUT2D eigenvalue weighted by Crippen LogP contribution is 2.31. The molecule has 0 fully saturated rings. The summed E-state index contributed by atoms with van der Waals surface area (Å²) >= 11 is 0. The number of hydrogen-bond acceptors (Lipinski definition) is 5. The molecule has 6 nitrogen and oxygen atoms in total. The van der Waals surface area contributed by atoms with E-state index in [0.29, 0.717) is 11.5 Å². The molecule has 2 N–H and O–H groups in total. The fraction of sp³-hybridized carbons (Fsp3) is 0.0526. The molecule has 25 heavy (non-hydrogen) atoms. The first-order valence-electron chi connectivity index (χ1n) is 7.79. The minimum Gasteiger partial charge on any atom is -0.493 e. The number of aromatic amines is 1. The highest BCUT2D eigenvalue weighted by molar-refractivity contribution is 5.88. The van der Waals surface area contributed by atoms with Gasteiger partial charge >= 0.3 is 0 Å². The zero-order valence-corrected chi connectivity index (χ0v) is 13.6. The monoisotopic (exact) mass is 332 g/mol. The summed E-state index contributed by atoms with van der Waals surface area (Å²) in [5.41, 5.74) is 1.71. The SMILES string of the molecule is COc1ccccc1Oc1ccc(Nc2ncnc3[nH]ccc23)cc1. The van der Waals surface area contributed by atoms with Crippen LogP contribution in [-0.2, 0) is 0 Å². The van der Waals surface area contributed by atoms with Gasteiger partial charge in [-0.3, -0.25) is 0 Å². The number of methoxy groups -OCH3 is 1. The van der Waals surface area contributed by atoms with Crippen molar-refractivity contribution >= 4 is 22.5 Å². The molecule has 0 saturated carbocycles. The topological polar surface area (TPSA) is 72.1 Å². The van der Waals surface area contributed by atoms with E-state index in [-0.39, 0.29) is 0 Å². The van der Waals surface area contributed by atoms with Crippen LogP contribution in [0.1, 0.15) is 0 Å². The van der Waals surface area contributed by atoms with Crippen molar-refractivity contribution in [3.8, 4) is 17.2 Å².